The van der Waals surface area contributed by atoms with Crippen molar-refractivity contribution >= 4 is 21.9 Å². The van der Waals surface area contributed by atoms with Crippen molar-refractivity contribution in [3.8, 4) is 22.8 Å². The molecule has 5 rings (SSSR count). The molecule has 0 saturated carbocycles. The first-order valence-electron chi connectivity index (χ1n) is 8.33. The van der Waals surface area contributed by atoms with Gasteiger partial charge in [-0.3, -0.25) is 4.98 Å². The number of benzene rings is 2. The normalized spacial score (nSPS) is 11.3. The molecule has 3 aromatic heterocycles. The van der Waals surface area contributed by atoms with Crippen molar-refractivity contribution in [3.63, 3.8) is 0 Å². The quantitative estimate of drug-likeness (QED) is 0.462. The van der Waals surface area contributed by atoms with Crippen molar-refractivity contribution in [1.29, 1.82) is 0 Å². The molecule has 0 fully saturated rings. The summed E-state index contributed by atoms with van der Waals surface area (Å²) in [5, 5.41) is 2.14. The first kappa shape index (κ1) is 14.7. The largest absolute Gasteiger partial charge is 0.455 e. The van der Waals surface area contributed by atoms with E-state index in [1.807, 2.05) is 49.4 Å². The standard InChI is InChI=1S/C21H14N4O/c1-13-23-20(14-9-11-22-12-10-14)25-21(24-13)17-7-4-6-16-15-5-2-3-8-18(15)26-19(16)17/h2-12H,1H3. The molecule has 0 unspecified atom stereocenters. The summed E-state index contributed by atoms with van der Waals surface area (Å²) in [5.41, 5.74) is 3.41. The van der Waals surface area contributed by atoms with Crippen molar-refractivity contribution in [2.45, 2.75) is 6.92 Å². The third-order valence-electron chi connectivity index (χ3n) is 4.33. The van der Waals surface area contributed by atoms with E-state index >= 15 is 0 Å². The average molecular weight is 338 g/mol. The molecule has 0 bridgehead atoms. The van der Waals surface area contributed by atoms with Crippen molar-refractivity contribution in [1.82, 2.24) is 19.9 Å². The van der Waals surface area contributed by atoms with Crippen LogP contribution >= 0.6 is 0 Å². The number of pyridine rings is 1. The summed E-state index contributed by atoms with van der Waals surface area (Å²) in [6.45, 7) is 1.87. The highest BCUT2D eigenvalue weighted by molar-refractivity contribution is 6.09. The fourth-order valence-electron chi connectivity index (χ4n) is 3.16. The minimum Gasteiger partial charge on any atom is -0.455 e. The van der Waals surface area contributed by atoms with Gasteiger partial charge in [-0.15, -0.1) is 0 Å². The molecule has 0 saturated heterocycles. The van der Waals surface area contributed by atoms with Crippen molar-refractivity contribution in [3.05, 3.63) is 72.8 Å². The molecule has 0 aliphatic rings. The average Bonchev–Trinajstić information content (AvgIpc) is 3.07. The third-order valence-corrected chi connectivity index (χ3v) is 4.33. The summed E-state index contributed by atoms with van der Waals surface area (Å²) in [6.07, 6.45) is 3.46. The SMILES string of the molecule is Cc1nc(-c2ccncc2)nc(-c2cccc3c2oc2ccccc23)n1. The predicted molar refractivity (Wildman–Crippen MR) is 101 cm³/mol. The van der Waals surface area contributed by atoms with E-state index in [2.05, 4.69) is 32.1 Å². The zero-order chi connectivity index (χ0) is 17.5. The van der Waals surface area contributed by atoms with E-state index in [0.29, 0.717) is 17.5 Å². The Morgan fingerprint density at radius 2 is 1.50 bits per heavy atom. The molecular weight excluding hydrogens is 324 g/mol. The Morgan fingerprint density at radius 3 is 2.38 bits per heavy atom. The maximum Gasteiger partial charge on any atom is 0.167 e. The predicted octanol–water partition coefficient (Wildman–Crippen LogP) is 4.81. The van der Waals surface area contributed by atoms with Crippen LogP contribution in [0.15, 0.2) is 71.4 Å². The second-order valence-electron chi connectivity index (χ2n) is 6.05. The van der Waals surface area contributed by atoms with Gasteiger partial charge in [0.15, 0.2) is 11.6 Å². The number of rotatable bonds is 2. The Labute approximate surface area is 149 Å². The van der Waals surface area contributed by atoms with Crippen LogP contribution in [0, 0.1) is 6.92 Å². The monoisotopic (exact) mass is 338 g/mol. The van der Waals surface area contributed by atoms with Gasteiger partial charge in [-0.05, 0) is 31.2 Å². The van der Waals surface area contributed by atoms with E-state index in [4.69, 9.17) is 4.42 Å². The number of nitrogens with zero attached hydrogens (tertiary/aromatic N) is 4. The molecule has 26 heavy (non-hydrogen) atoms. The number of aromatic nitrogens is 4. The van der Waals surface area contributed by atoms with Crippen LogP contribution in [0.3, 0.4) is 0 Å². The molecular formula is C21H14N4O. The molecule has 124 valence electrons. The van der Waals surface area contributed by atoms with E-state index in [9.17, 15) is 0 Å². The minimum atomic E-state index is 0.606. The number of fused-ring (bicyclic) bond motifs is 3. The van der Waals surface area contributed by atoms with Gasteiger partial charge in [-0.1, -0.05) is 30.3 Å². The summed E-state index contributed by atoms with van der Waals surface area (Å²) >= 11 is 0. The van der Waals surface area contributed by atoms with Gasteiger partial charge in [0.1, 0.15) is 17.0 Å². The summed E-state index contributed by atoms with van der Waals surface area (Å²) in [5.74, 6) is 1.90. The Balaban J connectivity index is 1.77. The molecule has 0 radical (unpaired) electrons. The molecule has 0 spiro atoms. The van der Waals surface area contributed by atoms with Gasteiger partial charge in [0, 0.05) is 28.7 Å². The van der Waals surface area contributed by atoms with Gasteiger partial charge in [0.2, 0.25) is 0 Å². The third kappa shape index (κ3) is 2.33. The molecule has 5 heteroatoms. The second kappa shape index (κ2) is 5.74. The first-order valence-corrected chi connectivity index (χ1v) is 8.33. The Bertz CT molecular complexity index is 1250. The van der Waals surface area contributed by atoms with Crippen LogP contribution in [0.2, 0.25) is 0 Å². The van der Waals surface area contributed by atoms with Crippen LogP contribution < -0.4 is 0 Å². The number of aryl methyl sites for hydroxylation is 1. The lowest BCUT2D eigenvalue weighted by Gasteiger charge is -2.06. The number of furan rings is 1. The molecule has 0 aliphatic heterocycles. The Kier molecular flexibility index (Phi) is 3.25. The summed E-state index contributed by atoms with van der Waals surface area (Å²) < 4.78 is 6.11. The molecule has 2 aromatic carbocycles. The van der Waals surface area contributed by atoms with Crippen LogP contribution in [0.4, 0.5) is 0 Å². The maximum atomic E-state index is 6.11. The van der Waals surface area contributed by atoms with Gasteiger partial charge in [0.05, 0.1) is 5.56 Å². The lowest BCUT2D eigenvalue weighted by atomic mass is 10.1. The molecule has 0 atom stereocenters. The topological polar surface area (TPSA) is 64.7 Å². The van der Waals surface area contributed by atoms with Crippen molar-refractivity contribution < 1.29 is 4.42 Å². The van der Waals surface area contributed by atoms with E-state index in [-0.39, 0.29) is 0 Å². The van der Waals surface area contributed by atoms with E-state index in [0.717, 1.165) is 33.1 Å². The number of hydrogen-bond donors (Lipinski definition) is 0. The lowest BCUT2D eigenvalue weighted by molar-refractivity contribution is 0.669. The Morgan fingerprint density at radius 1 is 0.731 bits per heavy atom. The van der Waals surface area contributed by atoms with Gasteiger partial charge in [0.25, 0.3) is 0 Å². The van der Waals surface area contributed by atoms with Crippen LogP contribution in [0.5, 0.6) is 0 Å². The minimum absolute atomic E-state index is 0.606. The van der Waals surface area contributed by atoms with Crippen LogP contribution in [0.25, 0.3) is 44.7 Å². The van der Waals surface area contributed by atoms with Crippen molar-refractivity contribution in [2.75, 3.05) is 0 Å². The van der Waals surface area contributed by atoms with E-state index < -0.39 is 0 Å². The fourth-order valence-corrected chi connectivity index (χ4v) is 3.16. The zero-order valence-electron chi connectivity index (χ0n) is 14.0. The summed E-state index contributed by atoms with van der Waals surface area (Å²) in [7, 11) is 0. The smallest absolute Gasteiger partial charge is 0.167 e. The first-order chi connectivity index (χ1) is 12.8. The second-order valence-corrected chi connectivity index (χ2v) is 6.05. The fraction of sp³-hybridized carbons (Fsp3) is 0.0476. The Hall–Kier alpha value is -3.60. The summed E-state index contributed by atoms with van der Waals surface area (Å²) in [4.78, 5) is 17.8. The highest BCUT2D eigenvalue weighted by Crippen LogP contribution is 2.34. The summed E-state index contributed by atoms with van der Waals surface area (Å²) in [6, 6.07) is 17.8. The zero-order valence-corrected chi connectivity index (χ0v) is 14.0. The van der Waals surface area contributed by atoms with E-state index in [1.54, 1.807) is 12.4 Å². The molecule has 0 aliphatic carbocycles. The highest BCUT2D eigenvalue weighted by Gasteiger charge is 2.15. The molecule has 5 aromatic rings. The van der Waals surface area contributed by atoms with Gasteiger partial charge < -0.3 is 4.42 Å². The molecule has 0 amide bonds. The number of hydrogen-bond acceptors (Lipinski definition) is 5. The van der Waals surface area contributed by atoms with Gasteiger partial charge in [-0.25, -0.2) is 15.0 Å². The number of para-hydroxylation sites is 2. The maximum absolute atomic E-state index is 6.11. The van der Waals surface area contributed by atoms with Crippen LogP contribution in [-0.4, -0.2) is 19.9 Å². The highest BCUT2D eigenvalue weighted by atomic mass is 16.3. The van der Waals surface area contributed by atoms with Crippen LogP contribution in [-0.2, 0) is 0 Å². The van der Waals surface area contributed by atoms with E-state index in [1.165, 1.54) is 0 Å². The van der Waals surface area contributed by atoms with Gasteiger partial charge in [-0.2, -0.15) is 0 Å². The van der Waals surface area contributed by atoms with Crippen LogP contribution in [0.1, 0.15) is 5.82 Å². The molecule has 5 nitrogen and oxygen atoms in total. The van der Waals surface area contributed by atoms with Gasteiger partial charge >= 0.3 is 0 Å². The van der Waals surface area contributed by atoms with Crippen molar-refractivity contribution in [2.24, 2.45) is 0 Å². The lowest BCUT2D eigenvalue weighted by Crippen LogP contribution is -1.99. The molecule has 0 N–H and O–H groups in total. The molecule has 3 heterocycles.